The van der Waals surface area contributed by atoms with Gasteiger partial charge in [-0.25, -0.2) is 4.98 Å². The topological polar surface area (TPSA) is 52.2 Å². The van der Waals surface area contributed by atoms with Crippen molar-refractivity contribution in [2.45, 2.75) is 19.4 Å². The van der Waals surface area contributed by atoms with Crippen LogP contribution in [0.15, 0.2) is 15.6 Å². The lowest BCUT2D eigenvalue weighted by Crippen LogP contribution is -2.58. The Bertz CT molecular complexity index is 471. The largest absolute Gasteiger partial charge is 0.352 e. The number of H-pyrrole nitrogens is 1. The maximum Gasteiger partial charge on any atom is 0.267 e. The standard InChI is InChI=1S/C11H17BrN4O/c1-11(2)6-16(5-4-15(11)3)9-8(12)10(17)14-7-13-9/h7H,4-6H2,1-3H3,(H,13,14,17). The molecule has 2 rings (SSSR count). The van der Waals surface area contributed by atoms with Gasteiger partial charge < -0.3 is 9.88 Å². The minimum absolute atomic E-state index is 0.0853. The molecule has 0 saturated carbocycles. The number of likely N-dealkylation sites (N-methyl/N-ethyl adjacent to an activating group) is 1. The van der Waals surface area contributed by atoms with Crippen molar-refractivity contribution in [3.63, 3.8) is 0 Å². The average molecular weight is 301 g/mol. The summed E-state index contributed by atoms with van der Waals surface area (Å²) in [5.74, 6) is 0.731. The lowest BCUT2D eigenvalue weighted by molar-refractivity contribution is 0.138. The average Bonchev–Trinajstić information content (AvgIpc) is 2.26. The van der Waals surface area contributed by atoms with E-state index in [1.165, 1.54) is 6.33 Å². The number of aromatic nitrogens is 2. The fourth-order valence-corrected chi connectivity index (χ4v) is 2.48. The van der Waals surface area contributed by atoms with Gasteiger partial charge in [0.1, 0.15) is 10.3 Å². The van der Waals surface area contributed by atoms with E-state index >= 15 is 0 Å². The smallest absolute Gasteiger partial charge is 0.267 e. The number of nitrogens with one attached hydrogen (secondary N) is 1. The molecule has 0 bridgehead atoms. The summed E-state index contributed by atoms with van der Waals surface area (Å²) in [5, 5.41) is 0. The van der Waals surface area contributed by atoms with Crippen molar-refractivity contribution in [3.8, 4) is 0 Å². The minimum atomic E-state index is -0.133. The molecule has 1 N–H and O–H groups in total. The maximum absolute atomic E-state index is 11.5. The Hall–Kier alpha value is -0.880. The second-order valence-corrected chi connectivity index (χ2v) is 5.82. The molecule has 0 atom stereocenters. The van der Waals surface area contributed by atoms with E-state index in [0.29, 0.717) is 4.47 Å². The van der Waals surface area contributed by atoms with Crippen molar-refractivity contribution in [1.82, 2.24) is 14.9 Å². The van der Waals surface area contributed by atoms with Crippen LogP contribution in [0.3, 0.4) is 0 Å². The molecule has 0 aromatic carbocycles. The Morgan fingerprint density at radius 2 is 2.18 bits per heavy atom. The van der Waals surface area contributed by atoms with E-state index in [1.54, 1.807) is 0 Å². The minimum Gasteiger partial charge on any atom is -0.352 e. The molecule has 1 aliphatic heterocycles. The number of halogens is 1. The molecular weight excluding hydrogens is 284 g/mol. The summed E-state index contributed by atoms with van der Waals surface area (Å²) in [6.07, 6.45) is 1.45. The summed E-state index contributed by atoms with van der Waals surface area (Å²) in [6.45, 7) is 7.10. The molecule has 17 heavy (non-hydrogen) atoms. The normalized spacial score (nSPS) is 20.6. The first-order chi connectivity index (χ1) is 7.92. The first-order valence-electron chi connectivity index (χ1n) is 5.61. The van der Waals surface area contributed by atoms with Gasteiger partial charge in [-0.1, -0.05) is 0 Å². The third kappa shape index (κ3) is 2.37. The SMILES string of the molecule is CN1CCN(c2nc[nH]c(=O)c2Br)CC1(C)C. The van der Waals surface area contributed by atoms with Crippen molar-refractivity contribution in [2.75, 3.05) is 31.6 Å². The van der Waals surface area contributed by atoms with Crippen LogP contribution < -0.4 is 10.5 Å². The summed E-state index contributed by atoms with van der Waals surface area (Å²) in [4.78, 5) is 22.8. The van der Waals surface area contributed by atoms with Gasteiger partial charge in [-0.05, 0) is 36.8 Å². The second kappa shape index (κ2) is 4.42. The Balaban J connectivity index is 2.30. The highest BCUT2D eigenvalue weighted by atomic mass is 79.9. The second-order valence-electron chi connectivity index (χ2n) is 5.02. The molecule has 1 aromatic rings. The third-order valence-corrected chi connectivity index (χ3v) is 4.11. The van der Waals surface area contributed by atoms with E-state index in [4.69, 9.17) is 0 Å². The van der Waals surface area contributed by atoms with Gasteiger partial charge in [-0.2, -0.15) is 0 Å². The zero-order chi connectivity index (χ0) is 12.6. The molecule has 6 heteroatoms. The van der Waals surface area contributed by atoms with Gasteiger partial charge in [0.2, 0.25) is 0 Å². The maximum atomic E-state index is 11.5. The van der Waals surface area contributed by atoms with E-state index in [9.17, 15) is 4.79 Å². The first kappa shape index (κ1) is 12.6. The van der Waals surface area contributed by atoms with Crippen molar-refractivity contribution in [1.29, 1.82) is 0 Å². The molecule has 0 amide bonds. The van der Waals surface area contributed by atoms with Gasteiger partial charge in [0.05, 0.1) is 6.33 Å². The van der Waals surface area contributed by atoms with Crippen LogP contribution in [0.1, 0.15) is 13.8 Å². The van der Waals surface area contributed by atoms with Crippen molar-refractivity contribution < 1.29 is 0 Å². The first-order valence-corrected chi connectivity index (χ1v) is 6.40. The molecule has 1 fully saturated rings. The van der Waals surface area contributed by atoms with Crippen LogP contribution in [0.2, 0.25) is 0 Å². The van der Waals surface area contributed by atoms with Gasteiger partial charge >= 0.3 is 0 Å². The van der Waals surface area contributed by atoms with Gasteiger partial charge in [-0.15, -0.1) is 0 Å². The van der Waals surface area contributed by atoms with Crippen LogP contribution in [0.4, 0.5) is 5.82 Å². The fraction of sp³-hybridized carbons (Fsp3) is 0.636. The number of aromatic amines is 1. The van der Waals surface area contributed by atoms with Crippen LogP contribution in [-0.2, 0) is 0 Å². The fourth-order valence-electron chi connectivity index (χ4n) is 2.02. The summed E-state index contributed by atoms with van der Waals surface area (Å²) in [7, 11) is 2.12. The Kier molecular flexibility index (Phi) is 3.27. The van der Waals surface area contributed by atoms with E-state index in [0.717, 1.165) is 25.5 Å². The highest BCUT2D eigenvalue weighted by Gasteiger charge is 2.32. The van der Waals surface area contributed by atoms with Gasteiger partial charge in [0.25, 0.3) is 5.56 Å². The summed E-state index contributed by atoms with van der Waals surface area (Å²) < 4.78 is 0.514. The molecule has 2 heterocycles. The van der Waals surface area contributed by atoms with Crippen LogP contribution in [0.25, 0.3) is 0 Å². The Morgan fingerprint density at radius 1 is 1.47 bits per heavy atom. The van der Waals surface area contributed by atoms with E-state index < -0.39 is 0 Å². The number of hydrogen-bond donors (Lipinski definition) is 1. The molecule has 0 spiro atoms. The summed E-state index contributed by atoms with van der Waals surface area (Å²) >= 11 is 3.31. The van der Waals surface area contributed by atoms with Crippen LogP contribution in [-0.4, -0.2) is 47.1 Å². The molecule has 0 radical (unpaired) electrons. The van der Waals surface area contributed by atoms with Crippen molar-refractivity contribution in [2.24, 2.45) is 0 Å². The van der Waals surface area contributed by atoms with E-state index in [2.05, 4.69) is 56.6 Å². The predicted octanol–water partition coefficient (Wildman–Crippen LogP) is 1.06. The molecule has 1 aliphatic rings. The highest BCUT2D eigenvalue weighted by molar-refractivity contribution is 9.10. The van der Waals surface area contributed by atoms with E-state index in [1.807, 2.05) is 0 Å². The number of piperazine rings is 1. The third-order valence-electron chi connectivity index (χ3n) is 3.39. The molecule has 0 aliphatic carbocycles. The molecular formula is C11H17BrN4O. The lowest BCUT2D eigenvalue weighted by atomic mass is 10.00. The van der Waals surface area contributed by atoms with E-state index in [-0.39, 0.29) is 11.1 Å². The van der Waals surface area contributed by atoms with Crippen molar-refractivity contribution in [3.05, 3.63) is 21.2 Å². The molecule has 0 unspecified atom stereocenters. The number of nitrogens with zero attached hydrogens (tertiary/aromatic N) is 3. The predicted molar refractivity (Wildman–Crippen MR) is 71.5 cm³/mol. The number of anilines is 1. The lowest BCUT2D eigenvalue weighted by Gasteiger charge is -2.45. The molecule has 94 valence electrons. The van der Waals surface area contributed by atoms with Crippen LogP contribution in [0.5, 0.6) is 0 Å². The summed E-state index contributed by atoms with van der Waals surface area (Å²) in [5.41, 5.74) is -0.0474. The van der Waals surface area contributed by atoms with Crippen LogP contribution in [0, 0.1) is 0 Å². The van der Waals surface area contributed by atoms with Crippen LogP contribution >= 0.6 is 15.9 Å². The molecule has 5 nitrogen and oxygen atoms in total. The van der Waals surface area contributed by atoms with Gasteiger partial charge in [-0.3, -0.25) is 9.69 Å². The Labute approximate surface area is 109 Å². The summed E-state index contributed by atoms with van der Waals surface area (Å²) in [6, 6.07) is 0. The number of rotatable bonds is 1. The van der Waals surface area contributed by atoms with Gasteiger partial charge in [0, 0.05) is 25.2 Å². The quantitative estimate of drug-likeness (QED) is 0.843. The molecule has 1 saturated heterocycles. The highest BCUT2D eigenvalue weighted by Crippen LogP contribution is 2.26. The Morgan fingerprint density at radius 3 is 2.82 bits per heavy atom. The zero-order valence-electron chi connectivity index (χ0n) is 10.3. The number of hydrogen-bond acceptors (Lipinski definition) is 4. The molecule has 1 aromatic heterocycles. The van der Waals surface area contributed by atoms with Crippen molar-refractivity contribution >= 4 is 21.7 Å². The monoisotopic (exact) mass is 300 g/mol. The van der Waals surface area contributed by atoms with Gasteiger partial charge in [0.15, 0.2) is 0 Å². The zero-order valence-corrected chi connectivity index (χ0v) is 11.9.